The Morgan fingerprint density at radius 1 is 0.857 bits per heavy atom. The lowest BCUT2D eigenvalue weighted by Gasteiger charge is -2.15. The minimum absolute atomic E-state index is 0.270. The summed E-state index contributed by atoms with van der Waals surface area (Å²) in [6.45, 7) is 1.78. The lowest BCUT2D eigenvalue weighted by molar-refractivity contribution is 0.102. The van der Waals surface area contributed by atoms with E-state index in [1.54, 1.807) is 58.6 Å². The number of hydrogen-bond acceptors (Lipinski definition) is 7. The number of aryl methyl sites for hydroxylation is 1. The fraction of sp³-hybridized carbons (Fsp3) is 0.148. The van der Waals surface area contributed by atoms with E-state index in [0.717, 1.165) is 16.5 Å². The minimum Gasteiger partial charge on any atom is -0.493 e. The number of pyridine rings is 1. The number of hydrogen-bond donors (Lipinski definition) is 1. The van der Waals surface area contributed by atoms with Crippen LogP contribution in [0.25, 0.3) is 33.3 Å². The van der Waals surface area contributed by atoms with Crippen molar-refractivity contribution < 1.29 is 23.4 Å². The molecule has 0 saturated carbocycles. The standard InChI is InChI=1S/C27H23N3O5/c1-15-28-21-10-9-17(13-23(21)35-15)29-27(31)19-14-22(30-20-8-6-5-7-18(19)20)16-11-24(32-2)26(34-4)25(12-16)33-3/h5-14H,1-4H3,(H,29,31). The average molecular weight is 469 g/mol. The average Bonchev–Trinajstić information content (AvgIpc) is 3.26. The molecule has 5 rings (SSSR count). The van der Waals surface area contributed by atoms with Crippen LogP contribution in [0.15, 0.2) is 65.1 Å². The van der Waals surface area contributed by atoms with E-state index in [4.69, 9.17) is 23.6 Å². The summed E-state index contributed by atoms with van der Waals surface area (Å²) in [4.78, 5) is 22.5. The van der Waals surface area contributed by atoms with Crippen LogP contribution in [-0.4, -0.2) is 37.2 Å². The first-order chi connectivity index (χ1) is 17.0. The molecule has 0 bridgehead atoms. The van der Waals surface area contributed by atoms with Gasteiger partial charge in [-0.15, -0.1) is 0 Å². The largest absolute Gasteiger partial charge is 0.493 e. The zero-order valence-corrected chi connectivity index (χ0v) is 19.7. The van der Waals surface area contributed by atoms with Crippen molar-refractivity contribution in [2.75, 3.05) is 26.6 Å². The van der Waals surface area contributed by atoms with Gasteiger partial charge in [0, 0.05) is 29.6 Å². The van der Waals surface area contributed by atoms with E-state index in [-0.39, 0.29) is 5.91 Å². The molecule has 0 unspecified atom stereocenters. The van der Waals surface area contributed by atoms with Crippen molar-refractivity contribution in [1.29, 1.82) is 0 Å². The predicted molar refractivity (Wildman–Crippen MR) is 134 cm³/mol. The summed E-state index contributed by atoms with van der Waals surface area (Å²) < 4.78 is 22.0. The van der Waals surface area contributed by atoms with Gasteiger partial charge in [-0.25, -0.2) is 9.97 Å². The van der Waals surface area contributed by atoms with Gasteiger partial charge in [0.1, 0.15) is 5.52 Å². The Balaban J connectivity index is 1.60. The summed E-state index contributed by atoms with van der Waals surface area (Å²) in [5, 5.41) is 3.70. The van der Waals surface area contributed by atoms with Crippen molar-refractivity contribution in [2.24, 2.45) is 0 Å². The normalized spacial score (nSPS) is 11.0. The van der Waals surface area contributed by atoms with Gasteiger partial charge in [-0.3, -0.25) is 4.79 Å². The highest BCUT2D eigenvalue weighted by Crippen LogP contribution is 2.41. The summed E-state index contributed by atoms with van der Waals surface area (Å²) in [6.07, 6.45) is 0. The van der Waals surface area contributed by atoms with E-state index in [0.29, 0.717) is 51.2 Å². The molecule has 8 heteroatoms. The number of para-hydroxylation sites is 1. The molecule has 8 nitrogen and oxygen atoms in total. The van der Waals surface area contributed by atoms with Crippen molar-refractivity contribution in [3.8, 4) is 28.5 Å². The van der Waals surface area contributed by atoms with Crippen LogP contribution >= 0.6 is 0 Å². The van der Waals surface area contributed by atoms with E-state index in [1.807, 2.05) is 30.3 Å². The Morgan fingerprint density at radius 2 is 1.60 bits per heavy atom. The first-order valence-electron chi connectivity index (χ1n) is 10.9. The number of ether oxygens (including phenoxy) is 3. The number of aromatic nitrogens is 2. The topological polar surface area (TPSA) is 95.7 Å². The van der Waals surface area contributed by atoms with Gasteiger partial charge in [-0.05, 0) is 36.4 Å². The highest BCUT2D eigenvalue weighted by atomic mass is 16.5. The number of benzene rings is 3. The molecule has 0 radical (unpaired) electrons. The van der Waals surface area contributed by atoms with Crippen molar-refractivity contribution >= 4 is 33.6 Å². The number of nitrogens with one attached hydrogen (secondary N) is 1. The summed E-state index contributed by atoms with van der Waals surface area (Å²) in [7, 11) is 4.66. The summed E-state index contributed by atoms with van der Waals surface area (Å²) in [5.41, 5.74) is 4.43. The number of fused-ring (bicyclic) bond motifs is 2. The molecule has 2 heterocycles. The van der Waals surface area contributed by atoms with Gasteiger partial charge in [0.25, 0.3) is 5.91 Å². The number of carbonyl (C=O) groups excluding carboxylic acids is 1. The monoisotopic (exact) mass is 469 g/mol. The van der Waals surface area contributed by atoms with Gasteiger partial charge in [0.15, 0.2) is 23.0 Å². The van der Waals surface area contributed by atoms with Crippen LogP contribution in [0.5, 0.6) is 17.2 Å². The van der Waals surface area contributed by atoms with Crippen LogP contribution in [0.2, 0.25) is 0 Å². The molecule has 0 aliphatic carbocycles. The molecule has 176 valence electrons. The Labute approximate surface area is 201 Å². The molecule has 0 atom stereocenters. The van der Waals surface area contributed by atoms with Crippen molar-refractivity contribution in [3.05, 3.63) is 72.1 Å². The Kier molecular flexibility index (Phi) is 5.70. The second kappa shape index (κ2) is 8.98. The zero-order valence-electron chi connectivity index (χ0n) is 19.7. The highest BCUT2D eigenvalue weighted by molar-refractivity contribution is 6.13. The molecule has 3 aromatic carbocycles. The molecular formula is C27H23N3O5. The first-order valence-corrected chi connectivity index (χ1v) is 10.9. The van der Waals surface area contributed by atoms with Gasteiger partial charge in [-0.1, -0.05) is 18.2 Å². The third-order valence-electron chi connectivity index (χ3n) is 5.67. The van der Waals surface area contributed by atoms with Crippen molar-refractivity contribution in [1.82, 2.24) is 9.97 Å². The van der Waals surface area contributed by atoms with Gasteiger partial charge >= 0.3 is 0 Å². The maximum absolute atomic E-state index is 13.4. The van der Waals surface area contributed by atoms with Crippen molar-refractivity contribution in [2.45, 2.75) is 6.92 Å². The lowest BCUT2D eigenvalue weighted by Crippen LogP contribution is -2.13. The fourth-order valence-corrected chi connectivity index (χ4v) is 4.06. The van der Waals surface area contributed by atoms with Crippen LogP contribution in [0.1, 0.15) is 16.2 Å². The van der Waals surface area contributed by atoms with E-state index in [2.05, 4.69) is 10.3 Å². The number of nitrogens with zero attached hydrogens (tertiary/aromatic N) is 2. The second-order valence-corrected chi connectivity index (χ2v) is 7.86. The van der Waals surface area contributed by atoms with Crippen molar-refractivity contribution in [3.63, 3.8) is 0 Å². The van der Waals surface area contributed by atoms with Crippen LogP contribution in [0, 0.1) is 6.92 Å². The fourth-order valence-electron chi connectivity index (χ4n) is 4.06. The smallest absolute Gasteiger partial charge is 0.256 e. The molecule has 35 heavy (non-hydrogen) atoms. The third-order valence-corrected chi connectivity index (χ3v) is 5.67. The first kappa shape index (κ1) is 22.2. The number of amides is 1. The molecule has 0 spiro atoms. The van der Waals surface area contributed by atoms with E-state index in [1.165, 1.54) is 0 Å². The molecule has 2 aromatic heterocycles. The number of rotatable bonds is 6. The molecule has 0 saturated heterocycles. The lowest BCUT2D eigenvalue weighted by atomic mass is 10.0. The maximum atomic E-state index is 13.4. The van der Waals surface area contributed by atoms with Gasteiger partial charge in [0.2, 0.25) is 5.75 Å². The number of oxazole rings is 1. The number of methoxy groups -OCH3 is 3. The molecule has 0 aliphatic rings. The quantitative estimate of drug-likeness (QED) is 0.344. The van der Waals surface area contributed by atoms with Gasteiger partial charge in [-0.2, -0.15) is 0 Å². The minimum atomic E-state index is -0.270. The third kappa shape index (κ3) is 4.10. The molecule has 5 aromatic rings. The summed E-state index contributed by atoms with van der Waals surface area (Å²) >= 11 is 0. The van der Waals surface area contributed by atoms with Gasteiger partial charge in [0.05, 0.1) is 38.1 Å². The number of anilines is 1. The number of carbonyl (C=O) groups is 1. The molecule has 1 amide bonds. The summed E-state index contributed by atoms with van der Waals surface area (Å²) in [6, 6.07) is 18.3. The Morgan fingerprint density at radius 3 is 2.31 bits per heavy atom. The summed E-state index contributed by atoms with van der Waals surface area (Å²) in [5.74, 6) is 1.78. The SMILES string of the molecule is COc1cc(-c2cc(C(=O)Nc3ccc4nc(C)oc4c3)c3ccccc3n2)cc(OC)c1OC. The van der Waals surface area contributed by atoms with E-state index < -0.39 is 0 Å². The van der Waals surface area contributed by atoms with Crippen LogP contribution in [0.4, 0.5) is 5.69 Å². The molecule has 0 aliphatic heterocycles. The Bertz CT molecular complexity index is 1550. The molecule has 1 N–H and O–H groups in total. The second-order valence-electron chi connectivity index (χ2n) is 7.86. The highest BCUT2D eigenvalue weighted by Gasteiger charge is 2.18. The van der Waals surface area contributed by atoms with Crippen LogP contribution in [-0.2, 0) is 0 Å². The van der Waals surface area contributed by atoms with E-state index in [9.17, 15) is 4.79 Å². The zero-order chi connectivity index (χ0) is 24.5. The van der Waals surface area contributed by atoms with Gasteiger partial charge < -0.3 is 23.9 Å². The van der Waals surface area contributed by atoms with Crippen LogP contribution < -0.4 is 19.5 Å². The molecule has 0 fully saturated rings. The molecular weight excluding hydrogens is 446 g/mol. The maximum Gasteiger partial charge on any atom is 0.256 e. The Hall–Kier alpha value is -4.59. The van der Waals surface area contributed by atoms with E-state index >= 15 is 0 Å². The predicted octanol–water partition coefficient (Wildman–Crippen LogP) is 5.63. The van der Waals surface area contributed by atoms with Crippen LogP contribution in [0.3, 0.4) is 0 Å².